The van der Waals surface area contributed by atoms with Gasteiger partial charge in [0, 0.05) is 25.6 Å². The second kappa shape index (κ2) is 14.4. The molecule has 208 valence electrons. The van der Waals surface area contributed by atoms with Crippen molar-refractivity contribution >= 4 is 86.1 Å². The monoisotopic (exact) mass is 667 g/mol. The van der Waals surface area contributed by atoms with Crippen LogP contribution in [0.1, 0.15) is 22.8 Å². The number of thioether (sulfide) groups is 1. The lowest BCUT2D eigenvalue weighted by atomic mass is 10.1. The highest BCUT2D eigenvalue weighted by molar-refractivity contribution is 9.10. The Hall–Kier alpha value is -3.56. The predicted octanol–water partition coefficient (Wildman–Crippen LogP) is 8.28. The molecular weight excluding hydrogens is 645 g/mol. The van der Waals surface area contributed by atoms with Crippen LogP contribution in [0, 0.1) is 0 Å². The molecule has 0 radical (unpaired) electrons. The van der Waals surface area contributed by atoms with Crippen molar-refractivity contribution in [2.45, 2.75) is 17.1 Å². The molecule has 3 N–H and O–H groups in total. The molecule has 0 bridgehead atoms. The van der Waals surface area contributed by atoms with Crippen LogP contribution in [-0.2, 0) is 9.59 Å². The quantitative estimate of drug-likeness (QED) is 0.124. The van der Waals surface area contributed by atoms with Crippen molar-refractivity contribution in [3.8, 4) is 0 Å². The highest BCUT2D eigenvalue weighted by Gasteiger charge is 2.18. The van der Waals surface area contributed by atoms with Crippen LogP contribution in [0.25, 0.3) is 6.08 Å². The summed E-state index contributed by atoms with van der Waals surface area (Å²) in [5.74, 6) is -1.12. The lowest BCUT2D eigenvalue weighted by Crippen LogP contribution is -2.30. The zero-order valence-corrected chi connectivity index (χ0v) is 25.6. The molecule has 1 unspecified atom stereocenters. The minimum Gasteiger partial charge on any atom is -0.324 e. The lowest BCUT2D eigenvalue weighted by Gasteiger charge is -2.14. The van der Waals surface area contributed by atoms with Gasteiger partial charge < -0.3 is 16.0 Å². The molecule has 41 heavy (non-hydrogen) atoms. The lowest BCUT2D eigenvalue weighted by molar-refractivity contribution is -0.115. The van der Waals surface area contributed by atoms with Crippen LogP contribution in [0.4, 0.5) is 11.4 Å². The molecule has 0 heterocycles. The Bertz CT molecular complexity index is 1600. The van der Waals surface area contributed by atoms with Gasteiger partial charge in [0.25, 0.3) is 11.8 Å². The fraction of sp³-hybridized carbons (Fsp3) is 0.0645. The summed E-state index contributed by atoms with van der Waals surface area (Å²) in [6.45, 7) is 1.78. The van der Waals surface area contributed by atoms with Crippen molar-refractivity contribution in [2.24, 2.45) is 0 Å². The van der Waals surface area contributed by atoms with Gasteiger partial charge in [-0.15, -0.1) is 11.8 Å². The first-order valence-corrected chi connectivity index (χ1v) is 14.8. The average Bonchev–Trinajstić information content (AvgIpc) is 2.96. The van der Waals surface area contributed by atoms with E-state index in [0.717, 1.165) is 14.9 Å². The molecule has 4 aromatic rings. The Morgan fingerprint density at radius 1 is 0.854 bits per heavy atom. The summed E-state index contributed by atoms with van der Waals surface area (Å²) < 4.78 is 0.840. The van der Waals surface area contributed by atoms with Crippen molar-refractivity contribution in [1.29, 1.82) is 0 Å². The van der Waals surface area contributed by atoms with Gasteiger partial charge in [0.1, 0.15) is 5.70 Å². The molecule has 0 saturated heterocycles. The van der Waals surface area contributed by atoms with Gasteiger partial charge in [0.05, 0.1) is 16.0 Å². The molecule has 4 aromatic carbocycles. The third-order valence-electron chi connectivity index (χ3n) is 5.67. The zero-order chi connectivity index (χ0) is 29.4. The normalized spacial score (nSPS) is 11.9. The van der Waals surface area contributed by atoms with Crippen LogP contribution in [0.5, 0.6) is 0 Å². The number of nitrogens with one attached hydrogen (secondary N) is 3. The van der Waals surface area contributed by atoms with E-state index in [2.05, 4.69) is 31.9 Å². The molecule has 0 aliphatic rings. The van der Waals surface area contributed by atoms with Gasteiger partial charge in [-0.05, 0) is 85.3 Å². The van der Waals surface area contributed by atoms with Crippen molar-refractivity contribution in [1.82, 2.24) is 5.32 Å². The first-order chi connectivity index (χ1) is 19.7. The van der Waals surface area contributed by atoms with Gasteiger partial charge in [-0.25, -0.2) is 0 Å². The Kier molecular flexibility index (Phi) is 10.7. The summed E-state index contributed by atoms with van der Waals surface area (Å²) in [5.41, 5.74) is 2.21. The largest absolute Gasteiger partial charge is 0.324 e. The second-order valence-electron chi connectivity index (χ2n) is 8.79. The summed E-state index contributed by atoms with van der Waals surface area (Å²) >= 11 is 16.9. The summed E-state index contributed by atoms with van der Waals surface area (Å²) in [5, 5.41) is 8.79. The number of rotatable bonds is 9. The van der Waals surface area contributed by atoms with Crippen molar-refractivity contribution in [3.05, 3.63) is 128 Å². The van der Waals surface area contributed by atoms with Crippen LogP contribution in [-0.4, -0.2) is 23.0 Å². The molecular formula is C31H24BrCl2N3O3S. The van der Waals surface area contributed by atoms with Gasteiger partial charge in [-0.2, -0.15) is 0 Å². The maximum absolute atomic E-state index is 13.3. The molecule has 0 aliphatic heterocycles. The van der Waals surface area contributed by atoms with E-state index in [-0.39, 0.29) is 11.6 Å². The number of carbonyl (C=O) groups is 3. The zero-order valence-electron chi connectivity index (χ0n) is 21.7. The van der Waals surface area contributed by atoms with E-state index in [1.54, 1.807) is 79.7 Å². The van der Waals surface area contributed by atoms with E-state index >= 15 is 0 Å². The highest BCUT2D eigenvalue weighted by atomic mass is 79.9. The Labute approximate surface area is 260 Å². The Balaban J connectivity index is 1.43. The summed E-state index contributed by atoms with van der Waals surface area (Å²) in [7, 11) is 0. The van der Waals surface area contributed by atoms with Crippen molar-refractivity contribution in [3.63, 3.8) is 0 Å². The molecule has 4 rings (SSSR count). The molecule has 10 heteroatoms. The number of benzene rings is 4. The first kappa shape index (κ1) is 30.4. The van der Waals surface area contributed by atoms with Gasteiger partial charge in [0.15, 0.2) is 0 Å². The minimum absolute atomic E-state index is 0.0837. The number of hydrogen-bond acceptors (Lipinski definition) is 4. The molecule has 0 aromatic heterocycles. The molecule has 1 atom stereocenters. The number of halogens is 3. The maximum atomic E-state index is 13.3. The van der Waals surface area contributed by atoms with Gasteiger partial charge in [-0.1, -0.05) is 69.5 Å². The topological polar surface area (TPSA) is 87.3 Å². The maximum Gasteiger partial charge on any atom is 0.272 e. The standard InChI is InChI=1S/C31H24BrCl2N3O3S/c1-19(29(38)36-27-18-23(33)10-15-26(27)34)41-25-13-11-24(12-14-25)35-31(40)28(17-20-6-5-9-22(32)16-20)37-30(39)21-7-3-2-4-8-21/h2-19H,1H3,(H,35,40)(H,36,38)(H,37,39)/b28-17-. The molecule has 3 amide bonds. The highest BCUT2D eigenvalue weighted by Crippen LogP contribution is 2.29. The second-order valence-corrected chi connectivity index (χ2v) is 12.0. The Morgan fingerprint density at radius 3 is 2.29 bits per heavy atom. The van der Waals surface area contributed by atoms with E-state index in [0.29, 0.717) is 27.0 Å². The first-order valence-electron chi connectivity index (χ1n) is 12.4. The van der Waals surface area contributed by atoms with E-state index in [4.69, 9.17) is 23.2 Å². The number of hydrogen-bond donors (Lipinski definition) is 3. The predicted molar refractivity (Wildman–Crippen MR) is 172 cm³/mol. The summed E-state index contributed by atoms with van der Waals surface area (Å²) in [4.78, 5) is 39.6. The third-order valence-corrected chi connectivity index (χ3v) is 7.84. The smallest absolute Gasteiger partial charge is 0.272 e. The summed E-state index contributed by atoms with van der Waals surface area (Å²) in [6.07, 6.45) is 1.61. The fourth-order valence-corrected chi connectivity index (χ4v) is 5.23. The van der Waals surface area contributed by atoms with Crippen LogP contribution < -0.4 is 16.0 Å². The van der Waals surface area contributed by atoms with Gasteiger partial charge >= 0.3 is 0 Å². The molecule has 6 nitrogen and oxygen atoms in total. The average molecular weight is 669 g/mol. The van der Waals surface area contributed by atoms with Crippen LogP contribution >= 0.6 is 50.9 Å². The van der Waals surface area contributed by atoms with E-state index in [1.807, 2.05) is 30.3 Å². The Morgan fingerprint density at radius 2 is 1.59 bits per heavy atom. The molecule has 0 saturated carbocycles. The third kappa shape index (κ3) is 8.96. The number of amides is 3. The molecule has 0 fully saturated rings. The van der Waals surface area contributed by atoms with E-state index < -0.39 is 17.1 Å². The molecule has 0 aliphatic carbocycles. The van der Waals surface area contributed by atoms with Gasteiger partial charge in [0.2, 0.25) is 5.91 Å². The number of carbonyl (C=O) groups excluding carboxylic acids is 3. The fourth-order valence-electron chi connectivity index (χ4n) is 3.61. The van der Waals surface area contributed by atoms with E-state index in [9.17, 15) is 14.4 Å². The van der Waals surface area contributed by atoms with Gasteiger partial charge in [-0.3, -0.25) is 14.4 Å². The van der Waals surface area contributed by atoms with E-state index in [1.165, 1.54) is 11.8 Å². The van der Waals surface area contributed by atoms with Crippen LogP contribution in [0.15, 0.2) is 112 Å². The summed E-state index contributed by atoms with van der Waals surface area (Å²) in [6, 6.07) is 28.0. The number of anilines is 2. The van der Waals surface area contributed by atoms with Crippen LogP contribution in [0.3, 0.4) is 0 Å². The van der Waals surface area contributed by atoms with Crippen molar-refractivity contribution in [2.75, 3.05) is 10.6 Å². The molecule has 0 spiro atoms. The van der Waals surface area contributed by atoms with Crippen molar-refractivity contribution < 1.29 is 14.4 Å². The van der Waals surface area contributed by atoms with Crippen LogP contribution in [0.2, 0.25) is 10.0 Å². The SMILES string of the molecule is CC(Sc1ccc(NC(=O)/C(=C/c2cccc(Br)c2)NC(=O)c2ccccc2)cc1)C(=O)Nc1cc(Cl)ccc1Cl. The minimum atomic E-state index is -0.485.